The van der Waals surface area contributed by atoms with Crippen LogP contribution in [0.15, 0.2) is 30.5 Å². The maximum Gasteiger partial charge on any atom is 0.573 e. The van der Waals surface area contributed by atoms with Crippen LogP contribution in [0.2, 0.25) is 0 Å². The third kappa shape index (κ3) is 4.85. The summed E-state index contributed by atoms with van der Waals surface area (Å²) in [6.45, 7) is 0.830. The van der Waals surface area contributed by atoms with E-state index in [-0.39, 0.29) is 23.7 Å². The average molecular weight is 458 g/mol. The first kappa shape index (κ1) is 21.8. The molecule has 9 heteroatoms. The van der Waals surface area contributed by atoms with Gasteiger partial charge < -0.3 is 15.4 Å². The summed E-state index contributed by atoms with van der Waals surface area (Å²) in [7, 11) is 0. The lowest BCUT2D eigenvalue weighted by molar-refractivity contribution is -0.274. The highest BCUT2D eigenvalue weighted by atomic mass is 19.4. The number of alkyl halides is 3. The van der Waals surface area contributed by atoms with E-state index in [1.54, 1.807) is 12.1 Å². The molecular formula is C24H26F3N5O. The molecule has 4 bridgehead atoms. The lowest BCUT2D eigenvalue weighted by atomic mass is 9.49. The number of aromatic nitrogens is 2. The van der Waals surface area contributed by atoms with Gasteiger partial charge in [-0.25, -0.2) is 4.98 Å². The smallest absolute Gasteiger partial charge is 0.405 e. The van der Waals surface area contributed by atoms with Crippen molar-refractivity contribution in [2.75, 3.05) is 17.2 Å². The van der Waals surface area contributed by atoms with Crippen LogP contribution in [0.25, 0.3) is 0 Å². The molecule has 0 radical (unpaired) electrons. The third-order valence-corrected chi connectivity index (χ3v) is 7.34. The molecular weight excluding hydrogens is 431 g/mol. The van der Waals surface area contributed by atoms with Crippen molar-refractivity contribution in [1.29, 1.82) is 5.26 Å². The Morgan fingerprint density at radius 1 is 1.06 bits per heavy atom. The number of nitriles is 1. The Morgan fingerprint density at radius 3 is 2.36 bits per heavy atom. The molecule has 0 spiro atoms. The summed E-state index contributed by atoms with van der Waals surface area (Å²) in [4.78, 5) is 8.62. The fourth-order valence-corrected chi connectivity index (χ4v) is 6.51. The zero-order valence-electron chi connectivity index (χ0n) is 18.2. The summed E-state index contributed by atoms with van der Waals surface area (Å²) in [5, 5.41) is 15.9. The summed E-state index contributed by atoms with van der Waals surface area (Å²) in [6, 6.07) is 8.06. The van der Waals surface area contributed by atoms with Gasteiger partial charge in [-0.15, -0.1) is 13.2 Å². The van der Waals surface area contributed by atoms with E-state index in [0.29, 0.717) is 16.9 Å². The Labute approximate surface area is 190 Å². The minimum absolute atomic E-state index is 0.0482. The molecule has 4 aliphatic carbocycles. The standard InChI is InChI=1S/C24H26F3N5O/c25-24(26,27)33-20-4-2-1-3-18(20)12-29-22-30-13-19(11-28)21(32-22)31-14-23-8-15-5-16(9-23)7-17(6-15)10-23/h1-4,13,15-17H,5-10,12,14H2,(H2,29,30,31,32). The van der Waals surface area contributed by atoms with E-state index in [0.717, 1.165) is 24.3 Å². The number of benzene rings is 1. The second-order valence-corrected chi connectivity index (χ2v) is 9.85. The predicted molar refractivity (Wildman–Crippen MR) is 116 cm³/mol. The van der Waals surface area contributed by atoms with Crippen molar-refractivity contribution >= 4 is 11.8 Å². The number of nitrogens with one attached hydrogen (secondary N) is 2. The summed E-state index contributed by atoms with van der Waals surface area (Å²) in [5.41, 5.74) is 0.949. The Bertz CT molecular complexity index is 1030. The SMILES string of the molecule is N#Cc1cnc(NCc2ccccc2OC(F)(F)F)nc1NCC12CC3CC(CC(C3)C1)C2. The lowest BCUT2D eigenvalue weighted by Crippen LogP contribution is -2.49. The molecule has 0 saturated heterocycles. The van der Waals surface area contributed by atoms with Crippen LogP contribution in [-0.2, 0) is 6.54 Å². The van der Waals surface area contributed by atoms with Crippen molar-refractivity contribution < 1.29 is 17.9 Å². The zero-order valence-corrected chi connectivity index (χ0v) is 18.2. The minimum Gasteiger partial charge on any atom is -0.405 e. The first-order valence-electron chi connectivity index (χ1n) is 11.4. The molecule has 1 heterocycles. The number of halogens is 3. The van der Waals surface area contributed by atoms with Gasteiger partial charge in [0, 0.05) is 18.7 Å². The molecule has 1 aromatic heterocycles. The van der Waals surface area contributed by atoms with Crippen LogP contribution in [0.1, 0.15) is 49.7 Å². The number of hydrogen-bond donors (Lipinski definition) is 2. The molecule has 0 unspecified atom stereocenters. The number of nitrogens with zero attached hydrogens (tertiary/aromatic N) is 3. The van der Waals surface area contributed by atoms with Crippen LogP contribution < -0.4 is 15.4 Å². The predicted octanol–water partition coefficient (Wildman–Crippen LogP) is 5.49. The van der Waals surface area contributed by atoms with Crippen molar-refractivity contribution in [1.82, 2.24) is 9.97 Å². The van der Waals surface area contributed by atoms with Crippen LogP contribution in [-0.4, -0.2) is 22.9 Å². The minimum atomic E-state index is -4.77. The molecule has 0 atom stereocenters. The van der Waals surface area contributed by atoms with Crippen LogP contribution in [0.5, 0.6) is 5.75 Å². The Morgan fingerprint density at radius 2 is 1.73 bits per heavy atom. The largest absolute Gasteiger partial charge is 0.573 e. The quantitative estimate of drug-likeness (QED) is 0.572. The topological polar surface area (TPSA) is 82.9 Å². The number of ether oxygens (including phenoxy) is 1. The molecule has 4 fully saturated rings. The van der Waals surface area contributed by atoms with Crippen molar-refractivity contribution in [3.05, 3.63) is 41.6 Å². The first-order chi connectivity index (χ1) is 15.8. The molecule has 6 nitrogen and oxygen atoms in total. The normalized spacial score (nSPS) is 27.8. The number of rotatable bonds is 7. The van der Waals surface area contributed by atoms with Crippen molar-refractivity contribution in [2.45, 2.75) is 51.4 Å². The average Bonchev–Trinajstić information content (AvgIpc) is 2.75. The monoisotopic (exact) mass is 457 g/mol. The van der Waals surface area contributed by atoms with Gasteiger partial charge in [-0.2, -0.15) is 10.2 Å². The van der Waals surface area contributed by atoms with E-state index in [9.17, 15) is 18.4 Å². The molecule has 174 valence electrons. The van der Waals surface area contributed by atoms with Gasteiger partial charge in [-0.05, 0) is 67.8 Å². The molecule has 0 amide bonds. The van der Waals surface area contributed by atoms with Crippen molar-refractivity contribution in [3.63, 3.8) is 0 Å². The Balaban J connectivity index is 1.27. The van der Waals surface area contributed by atoms with E-state index in [4.69, 9.17) is 0 Å². The molecule has 2 N–H and O–H groups in total. The number of hydrogen-bond acceptors (Lipinski definition) is 6. The van der Waals surface area contributed by atoms with E-state index in [1.165, 1.54) is 56.9 Å². The number of anilines is 2. The fourth-order valence-electron chi connectivity index (χ4n) is 6.51. The zero-order chi connectivity index (χ0) is 23.1. The second kappa shape index (κ2) is 8.40. The Kier molecular flexibility index (Phi) is 5.55. The molecule has 6 rings (SSSR count). The van der Waals surface area contributed by atoms with Gasteiger partial charge in [-0.3, -0.25) is 0 Å². The third-order valence-electron chi connectivity index (χ3n) is 7.34. The highest BCUT2D eigenvalue weighted by Crippen LogP contribution is 2.59. The van der Waals surface area contributed by atoms with Crippen LogP contribution >= 0.6 is 0 Å². The summed E-state index contributed by atoms with van der Waals surface area (Å²) in [6.07, 6.45) is 4.47. The molecule has 2 aromatic rings. The van der Waals surface area contributed by atoms with Crippen LogP contribution in [0.4, 0.5) is 24.9 Å². The van der Waals surface area contributed by atoms with Gasteiger partial charge in [0.15, 0.2) is 0 Å². The van der Waals surface area contributed by atoms with E-state index in [1.807, 2.05) is 0 Å². The van der Waals surface area contributed by atoms with Gasteiger partial charge in [0.2, 0.25) is 5.95 Å². The molecule has 33 heavy (non-hydrogen) atoms. The van der Waals surface area contributed by atoms with Gasteiger partial charge >= 0.3 is 6.36 Å². The van der Waals surface area contributed by atoms with Crippen LogP contribution in [0.3, 0.4) is 0 Å². The maximum atomic E-state index is 12.7. The maximum absolute atomic E-state index is 12.7. The van der Waals surface area contributed by atoms with Crippen LogP contribution in [0, 0.1) is 34.5 Å². The summed E-state index contributed by atoms with van der Waals surface area (Å²) >= 11 is 0. The first-order valence-corrected chi connectivity index (χ1v) is 11.4. The van der Waals surface area contributed by atoms with E-state index in [2.05, 4.69) is 31.4 Å². The highest BCUT2D eigenvalue weighted by molar-refractivity contribution is 5.53. The molecule has 1 aromatic carbocycles. The van der Waals surface area contributed by atoms with Gasteiger partial charge in [0.25, 0.3) is 0 Å². The van der Waals surface area contributed by atoms with E-state index < -0.39 is 6.36 Å². The molecule has 4 aliphatic rings. The van der Waals surface area contributed by atoms with Crippen molar-refractivity contribution in [2.24, 2.45) is 23.2 Å². The summed E-state index contributed by atoms with van der Waals surface area (Å²) in [5.74, 6) is 2.92. The second-order valence-electron chi connectivity index (χ2n) is 9.85. The Hall–Kier alpha value is -3.02. The van der Waals surface area contributed by atoms with E-state index >= 15 is 0 Å². The molecule has 0 aliphatic heterocycles. The van der Waals surface area contributed by atoms with Crippen molar-refractivity contribution in [3.8, 4) is 11.8 Å². The van der Waals surface area contributed by atoms with Gasteiger partial charge in [0.05, 0.1) is 6.20 Å². The van der Waals surface area contributed by atoms with Gasteiger partial charge in [-0.1, -0.05) is 18.2 Å². The fraction of sp³-hybridized carbons (Fsp3) is 0.542. The lowest BCUT2D eigenvalue weighted by Gasteiger charge is -2.57. The highest BCUT2D eigenvalue weighted by Gasteiger charge is 2.50. The van der Waals surface area contributed by atoms with Gasteiger partial charge in [0.1, 0.15) is 23.2 Å². The summed E-state index contributed by atoms with van der Waals surface area (Å²) < 4.78 is 42.1. The molecule has 4 saturated carbocycles. The number of para-hydroxylation sites is 1.